The number of imidazole rings is 1. The van der Waals surface area contributed by atoms with E-state index in [0.29, 0.717) is 17.4 Å². The SMILES string of the molecule is CC(Sc1nccn1-c1cccc(F)c1)C(=O)NCc1cccs1. The number of thioether (sulfide) groups is 1. The number of nitrogens with one attached hydrogen (secondary N) is 1. The first kappa shape index (κ1) is 16.7. The number of amides is 1. The fourth-order valence-electron chi connectivity index (χ4n) is 2.14. The highest BCUT2D eigenvalue weighted by molar-refractivity contribution is 8.00. The molecule has 0 aliphatic rings. The highest BCUT2D eigenvalue weighted by Crippen LogP contribution is 2.25. The molecule has 0 aliphatic heterocycles. The standard InChI is InChI=1S/C17H16FN3OS2/c1-12(16(22)20-11-15-6-3-9-23-15)24-17-19-7-8-21(17)14-5-2-4-13(18)10-14/h2-10,12H,11H2,1H3,(H,20,22). The molecule has 3 rings (SSSR count). The average Bonchev–Trinajstić information content (AvgIpc) is 3.24. The molecular formula is C17H16FN3OS2. The Morgan fingerprint density at radius 2 is 2.29 bits per heavy atom. The first-order valence-electron chi connectivity index (χ1n) is 7.39. The second-order valence-electron chi connectivity index (χ2n) is 5.12. The third kappa shape index (κ3) is 4.04. The molecule has 7 heteroatoms. The molecule has 24 heavy (non-hydrogen) atoms. The molecule has 1 aromatic carbocycles. The number of carbonyl (C=O) groups excluding carboxylic acids is 1. The molecule has 0 bridgehead atoms. The van der Waals surface area contributed by atoms with Crippen molar-refractivity contribution in [3.63, 3.8) is 0 Å². The Kier molecular flexibility index (Phi) is 5.32. The summed E-state index contributed by atoms with van der Waals surface area (Å²) in [7, 11) is 0. The van der Waals surface area contributed by atoms with E-state index in [-0.39, 0.29) is 17.0 Å². The quantitative estimate of drug-likeness (QED) is 0.678. The second kappa shape index (κ2) is 7.63. The van der Waals surface area contributed by atoms with Crippen LogP contribution in [0.25, 0.3) is 5.69 Å². The summed E-state index contributed by atoms with van der Waals surface area (Å²) < 4.78 is 15.2. The molecule has 3 aromatic rings. The van der Waals surface area contributed by atoms with Gasteiger partial charge in [-0.05, 0) is 36.6 Å². The molecule has 1 N–H and O–H groups in total. The van der Waals surface area contributed by atoms with E-state index in [1.807, 2.05) is 24.4 Å². The van der Waals surface area contributed by atoms with Crippen LogP contribution in [0, 0.1) is 5.82 Å². The molecule has 1 amide bonds. The summed E-state index contributed by atoms with van der Waals surface area (Å²) in [6.07, 6.45) is 3.40. The molecule has 0 saturated heterocycles. The van der Waals surface area contributed by atoms with Crippen molar-refractivity contribution in [3.05, 3.63) is 64.9 Å². The number of nitrogens with zero attached hydrogens (tertiary/aromatic N) is 2. The van der Waals surface area contributed by atoms with Gasteiger partial charge in [-0.25, -0.2) is 9.37 Å². The Bertz CT molecular complexity index is 817. The maximum atomic E-state index is 13.4. The summed E-state index contributed by atoms with van der Waals surface area (Å²) in [4.78, 5) is 17.6. The van der Waals surface area contributed by atoms with Crippen molar-refractivity contribution in [2.24, 2.45) is 0 Å². The summed E-state index contributed by atoms with van der Waals surface area (Å²) in [6.45, 7) is 2.36. The fraction of sp³-hybridized carbons (Fsp3) is 0.176. The summed E-state index contributed by atoms with van der Waals surface area (Å²) >= 11 is 2.95. The predicted octanol–water partition coefficient (Wildman–Crippen LogP) is 3.87. The van der Waals surface area contributed by atoms with Crippen molar-refractivity contribution >= 4 is 29.0 Å². The van der Waals surface area contributed by atoms with Crippen LogP contribution in [0.4, 0.5) is 4.39 Å². The third-order valence-corrected chi connectivity index (χ3v) is 5.32. The van der Waals surface area contributed by atoms with E-state index >= 15 is 0 Å². The third-order valence-electron chi connectivity index (χ3n) is 3.36. The van der Waals surface area contributed by atoms with Crippen molar-refractivity contribution in [2.75, 3.05) is 0 Å². The largest absolute Gasteiger partial charge is 0.350 e. The lowest BCUT2D eigenvalue weighted by atomic mass is 10.3. The normalized spacial score (nSPS) is 12.1. The Labute approximate surface area is 147 Å². The summed E-state index contributed by atoms with van der Waals surface area (Å²) in [5, 5.41) is 5.25. The number of rotatable bonds is 6. The van der Waals surface area contributed by atoms with Gasteiger partial charge in [-0.2, -0.15) is 0 Å². The zero-order valence-electron chi connectivity index (χ0n) is 13.0. The van der Waals surface area contributed by atoms with Gasteiger partial charge < -0.3 is 5.32 Å². The predicted molar refractivity (Wildman–Crippen MR) is 95.0 cm³/mol. The molecule has 0 spiro atoms. The van der Waals surface area contributed by atoms with Crippen LogP contribution < -0.4 is 5.32 Å². The zero-order chi connectivity index (χ0) is 16.9. The van der Waals surface area contributed by atoms with E-state index in [9.17, 15) is 9.18 Å². The smallest absolute Gasteiger partial charge is 0.233 e. The van der Waals surface area contributed by atoms with Gasteiger partial charge in [0.1, 0.15) is 5.82 Å². The van der Waals surface area contributed by atoms with E-state index in [0.717, 1.165) is 4.88 Å². The van der Waals surface area contributed by atoms with E-state index in [1.165, 1.54) is 23.9 Å². The molecule has 2 aromatic heterocycles. The van der Waals surface area contributed by atoms with Gasteiger partial charge in [0, 0.05) is 17.3 Å². The summed E-state index contributed by atoms with van der Waals surface area (Å²) in [6, 6.07) is 10.2. The number of benzene rings is 1. The van der Waals surface area contributed by atoms with E-state index in [4.69, 9.17) is 0 Å². The van der Waals surface area contributed by atoms with Crippen LogP contribution in [0.5, 0.6) is 0 Å². The van der Waals surface area contributed by atoms with Gasteiger partial charge in [0.05, 0.1) is 17.5 Å². The molecule has 1 unspecified atom stereocenters. The number of carbonyl (C=O) groups is 1. The fourth-order valence-corrected chi connectivity index (χ4v) is 3.69. The number of halogens is 1. The topological polar surface area (TPSA) is 46.9 Å². The minimum Gasteiger partial charge on any atom is -0.350 e. The van der Waals surface area contributed by atoms with Gasteiger partial charge in [-0.1, -0.05) is 23.9 Å². The van der Waals surface area contributed by atoms with Crippen LogP contribution in [-0.4, -0.2) is 20.7 Å². The van der Waals surface area contributed by atoms with Crippen molar-refractivity contribution < 1.29 is 9.18 Å². The van der Waals surface area contributed by atoms with Crippen LogP contribution in [0.1, 0.15) is 11.8 Å². The number of aromatic nitrogens is 2. The molecule has 2 heterocycles. The lowest BCUT2D eigenvalue weighted by molar-refractivity contribution is -0.120. The first-order chi connectivity index (χ1) is 11.6. The summed E-state index contributed by atoms with van der Waals surface area (Å²) in [5.41, 5.74) is 0.682. The molecule has 0 fully saturated rings. The molecule has 0 aliphatic carbocycles. The second-order valence-corrected chi connectivity index (χ2v) is 7.46. The van der Waals surface area contributed by atoms with Gasteiger partial charge >= 0.3 is 0 Å². The van der Waals surface area contributed by atoms with Crippen molar-refractivity contribution in [2.45, 2.75) is 23.9 Å². The van der Waals surface area contributed by atoms with Crippen molar-refractivity contribution in [1.29, 1.82) is 0 Å². The maximum Gasteiger partial charge on any atom is 0.233 e. The highest BCUT2D eigenvalue weighted by atomic mass is 32.2. The van der Waals surface area contributed by atoms with Gasteiger partial charge in [0.2, 0.25) is 5.91 Å². The Hall–Kier alpha value is -2.12. The van der Waals surface area contributed by atoms with Gasteiger partial charge in [-0.15, -0.1) is 11.3 Å². The summed E-state index contributed by atoms with van der Waals surface area (Å²) in [5.74, 6) is -0.360. The molecule has 4 nitrogen and oxygen atoms in total. The molecule has 0 saturated carbocycles. The van der Waals surface area contributed by atoms with Crippen LogP contribution in [0.2, 0.25) is 0 Å². The Balaban J connectivity index is 1.65. The zero-order valence-corrected chi connectivity index (χ0v) is 14.6. The van der Waals surface area contributed by atoms with Gasteiger partial charge in [0.15, 0.2) is 5.16 Å². The number of hydrogen-bond donors (Lipinski definition) is 1. The maximum absolute atomic E-state index is 13.4. The van der Waals surface area contributed by atoms with Crippen molar-refractivity contribution in [1.82, 2.24) is 14.9 Å². The van der Waals surface area contributed by atoms with E-state index in [2.05, 4.69) is 10.3 Å². The Morgan fingerprint density at radius 3 is 3.04 bits per heavy atom. The van der Waals surface area contributed by atoms with Crippen LogP contribution in [-0.2, 0) is 11.3 Å². The minimum absolute atomic E-state index is 0.0535. The molecular weight excluding hydrogens is 345 g/mol. The molecule has 124 valence electrons. The lowest BCUT2D eigenvalue weighted by Crippen LogP contribution is -2.30. The van der Waals surface area contributed by atoms with Crippen LogP contribution >= 0.6 is 23.1 Å². The number of thiophene rings is 1. The van der Waals surface area contributed by atoms with Crippen LogP contribution in [0.15, 0.2) is 59.3 Å². The molecule has 1 atom stereocenters. The Morgan fingerprint density at radius 1 is 1.42 bits per heavy atom. The molecule has 0 radical (unpaired) electrons. The highest BCUT2D eigenvalue weighted by Gasteiger charge is 2.17. The first-order valence-corrected chi connectivity index (χ1v) is 9.15. The average molecular weight is 361 g/mol. The van der Waals surface area contributed by atoms with Crippen molar-refractivity contribution in [3.8, 4) is 5.69 Å². The monoisotopic (exact) mass is 361 g/mol. The van der Waals surface area contributed by atoms with Crippen LogP contribution in [0.3, 0.4) is 0 Å². The van der Waals surface area contributed by atoms with E-state index < -0.39 is 0 Å². The minimum atomic E-state index is -0.307. The van der Waals surface area contributed by atoms with E-state index in [1.54, 1.807) is 40.4 Å². The lowest BCUT2D eigenvalue weighted by Gasteiger charge is -2.13. The van der Waals surface area contributed by atoms with Gasteiger partial charge in [0.25, 0.3) is 0 Å². The van der Waals surface area contributed by atoms with Gasteiger partial charge in [-0.3, -0.25) is 9.36 Å². The number of hydrogen-bond acceptors (Lipinski definition) is 4.